The monoisotopic (exact) mass is 415 g/mol. The molecule has 0 unspecified atom stereocenters. The fraction of sp³-hybridized carbons (Fsp3) is 0.333. The summed E-state index contributed by atoms with van der Waals surface area (Å²) < 4.78 is 26.5. The van der Waals surface area contributed by atoms with Crippen LogP contribution in [-0.4, -0.2) is 38.1 Å². The second kappa shape index (κ2) is 8.34. The maximum atomic E-state index is 12.7. The molecule has 7 nitrogen and oxygen atoms in total. The summed E-state index contributed by atoms with van der Waals surface area (Å²) in [5, 5.41) is 5.50. The third kappa shape index (κ3) is 5.21. The summed E-state index contributed by atoms with van der Waals surface area (Å²) in [4.78, 5) is 24.4. The molecular formula is C21H25N3O4S. The third-order valence-electron chi connectivity index (χ3n) is 4.91. The molecule has 0 spiro atoms. The number of carbonyl (C=O) groups is 2. The maximum Gasteiger partial charge on any atom is 0.243 e. The van der Waals surface area contributed by atoms with Crippen LogP contribution in [0.3, 0.4) is 0 Å². The Hall–Kier alpha value is -2.71. The Labute approximate surface area is 171 Å². The number of hydrogen-bond donors (Lipinski definition) is 2. The molecule has 0 atom stereocenters. The largest absolute Gasteiger partial charge is 0.326 e. The zero-order valence-corrected chi connectivity index (χ0v) is 17.5. The van der Waals surface area contributed by atoms with E-state index in [-0.39, 0.29) is 23.3 Å². The number of benzene rings is 2. The summed E-state index contributed by atoms with van der Waals surface area (Å²) in [5.41, 5.74) is 2.95. The lowest BCUT2D eigenvalue weighted by atomic mass is 10.1. The molecule has 8 heteroatoms. The molecule has 154 valence electrons. The average molecular weight is 416 g/mol. The quantitative estimate of drug-likeness (QED) is 0.727. The van der Waals surface area contributed by atoms with Crippen molar-refractivity contribution in [3.8, 4) is 0 Å². The predicted octanol–water partition coefficient (Wildman–Crippen LogP) is 2.91. The smallest absolute Gasteiger partial charge is 0.243 e. The van der Waals surface area contributed by atoms with Gasteiger partial charge in [-0.3, -0.25) is 9.59 Å². The number of sulfonamides is 1. The van der Waals surface area contributed by atoms with Crippen LogP contribution in [-0.2, 0) is 19.6 Å². The van der Waals surface area contributed by atoms with E-state index < -0.39 is 15.9 Å². The van der Waals surface area contributed by atoms with Crippen molar-refractivity contribution in [2.45, 2.75) is 31.6 Å². The number of rotatable bonds is 7. The van der Waals surface area contributed by atoms with Crippen LogP contribution in [0.2, 0.25) is 0 Å². The second-order valence-corrected chi connectivity index (χ2v) is 9.44. The van der Waals surface area contributed by atoms with Gasteiger partial charge in [0.1, 0.15) is 0 Å². The molecule has 2 N–H and O–H groups in total. The molecule has 0 radical (unpaired) electrons. The minimum Gasteiger partial charge on any atom is -0.326 e. The van der Waals surface area contributed by atoms with Gasteiger partial charge in [-0.05, 0) is 68.1 Å². The number of likely N-dealkylation sites (N-methyl/N-ethyl adjacent to an activating group) is 1. The Bertz CT molecular complexity index is 1050. The fourth-order valence-corrected chi connectivity index (χ4v) is 4.02. The van der Waals surface area contributed by atoms with Crippen LogP contribution in [0, 0.1) is 19.8 Å². The van der Waals surface area contributed by atoms with Crippen LogP contribution >= 0.6 is 0 Å². The number of anilines is 2. The van der Waals surface area contributed by atoms with E-state index >= 15 is 0 Å². The lowest BCUT2D eigenvalue weighted by Gasteiger charge is -2.18. The Morgan fingerprint density at radius 1 is 1.00 bits per heavy atom. The Kier molecular flexibility index (Phi) is 6.04. The van der Waals surface area contributed by atoms with Crippen LogP contribution in [0.1, 0.15) is 24.0 Å². The van der Waals surface area contributed by atoms with Crippen molar-refractivity contribution in [1.82, 2.24) is 4.31 Å². The molecule has 3 rings (SSSR count). The lowest BCUT2D eigenvalue weighted by Crippen LogP contribution is -2.35. The van der Waals surface area contributed by atoms with Gasteiger partial charge >= 0.3 is 0 Å². The van der Waals surface area contributed by atoms with Gasteiger partial charge in [0.15, 0.2) is 0 Å². The van der Waals surface area contributed by atoms with E-state index in [2.05, 4.69) is 10.6 Å². The molecule has 1 aliphatic carbocycles. The zero-order valence-electron chi connectivity index (χ0n) is 16.7. The standard InChI is InChI=1S/C21H25N3O4S/c1-14-7-10-19(11-15(14)2)29(27,28)24(3)13-20(25)22-17-5-4-6-18(12-17)23-21(26)16-8-9-16/h4-7,10-12,16H,8-9,13H2,1-3H3,(H,22,25)(H,23,26). The molecule has 2 aromatic rings. The molecular weight excluding hydrogens is 390 g/mol. The fourth-order valence-electron chi connectivity index (χ4n) is 2.81. The summed E-state index contributed by atoms with van der Waals surface area (Å²) in [7, 11) is -2.41. The summed E-state index contributed by atoms with van der Waals surface area (Å²) in [6.07, 6.45) is 1.81. The highest BCUT2D eigenvalue weighted by Gasteiger charge is 2.29. The molecule has 29 heavy (non-hydrogen) atoms. The van der Waals surface area contributed by atoms with E-state index in [1.54, 1.807) is 36.4 Å². The highest BCUT2D eigenvalue weighted by atomic mass is 32.2. The van der Waals surface area contributed by atoms with Crippen LogP contribution in [0.25, 0.3) is 0 Å². The first-order valence-corrected chi connectivity index (χ1v) is 10.8. The number of aryl methyl sites for hydroxylation is 2. The summed E-state index contributed by atoms with van der Waals surface area (Å²) in [6, 6.07) is 11.7. The minimum absolute atomic E-state index is 0.0207. The molecule has 0 saturated heterocycles. The number of nitrogens with one attached hydrogen (secondary N) is 2. The molecule has 2 amide bonds. The molecule has 1 aliphatic rings. The lowest BCUT2D eigenvalue weighted by molar-refractivity contribution is -0.117. The van der Waals surface area contributed by atoms with Crippen molar-refractivity contribution in [3.63, 3.8) is 0 Å². The number of nitrogens with zero attached hydrogens (tertiary/aromatic N) is 1. The zero-order chi connectivity index (χ0) is 21.2. The first kappa shape index (κ1) is 21.0. The van der Waals surface area contributed by atoms with Gasteiger partial charge in [-0.15, -0.1) is 0 Å². The van der Waals surface area contributed by atoms with Crippen molar-refractivity contribution in [3.05, 3.63) is 53.6 Å². The van der Waals surface area contributed by atoms with Crippen molar-refractivity contribution in [1.29, 1.82) is 0 Å². The summed E-state index contributed by atoms with van der Waals surface area (Å²) in [5.74, 6) is -0.407. The van der Waals surface area contributed by atoms with Crippen LogP contribution < -0.4 is 10.6 Å². The van der Waals surface area contributed by atoms with E-state index in [1.807, 2.05) is 13.8 Å². The molecule has 1 saturated carbocycles. The van der Waals surface area contributed by atoms with E-state index in [9.17, 15) is 18.0 Å². The number of hydrogen-bond acceptors (Lipinski definition) is 4. The Balaban J connectivity index is 1.63. The van der Waals surface area contributed by atoms with Crippen LogP contribution in [0.5, 0.6) is 0 Å². The van der Waals surface area contributed by atoms with Gasteiger partial charge in [0.2, 0.25) is 21.8 Å². The van der Waals surface area contributed by atoms with Crippen molar-refractivity contribution in [2.75, 3.05) is 24.2 Å². The number of amides is 2. The van der Waals surface area contributed by atoms with Crippen molar-refractivity contribution >= 4 is 33.2 Å². The van der Waals surface area contributed by atoms with Gasteiger partial charge < -0.3 is 10.6 Å². The van der Waals surface area contributed by atoms with Gasteiger partial charge in [-0.1, -0.05) is 12.1 Å². The van der Waals surface area contributed by atoms with Crippen molar-refractivity contribution < 1.29 is 18.0 Å². The van der Waals surface area contributed by atoms with Gasteiger partial charge in [-0.25, -0.2) is 8.42 Å². The van der Waals surface area contributed by atoms with Gasteiger partial charge in [0, 0.05) is 24.3 Å². The Morgan fingerprint density at radius 2 is 1.66 bits per heavy atom. The SMILES string of the molecule is Cc1ccc(S(=O)(=O)N(C)CC(=O)Nc2cccc(NC(=O)C3CC3)c2)cc1C. The maximum absolute atomic E-state index is 12.7. The summed E-state index contributed by atoms with van der Waals surface area (Å²) >= 11 is 0. The number of carbonyl (C=O) groups excluding carboxylic acids is 2. The molecule has 1 fully saturated rings. The van der Waals surface area contributed by atoms with Gasteiger partial charge in [0.25, 0.3) is 0 Å². The van der Waals surface area contributed by atoms with E-state index in [1.165, 1.54) is 13.1 Å². The average Bonchev–Trinajstić information content (AvgIpc) is 3.49. The molecule has 0 aliphatic heterocycles. The minimum atomic E-state index is -3.78. The van der Waals surface area contributed by atoms with Gasteiger partial charge in [0.05, 0.1) is 11.4 Å². The Morgan fingerprint density at radius 3 is 2.28 bits per heavy atom. The van der Waals surface area contributed by atoms with Gasteiger partial charge in [-0.2, -0.15) is 4.31 Å². The first-order valence-electron chi connectivity index (χ1n) is 9.41. The predicted molar refractivity (Wildman–Crippen MR) is 112 cm³/mol. The van der Waals surface area contributed by atoms with E-state index in [0.717, 1.165) is 28.3 Å². The topological polar surface area (TPSA) is 95.6 Å². The summed E-state index contributed by atoms with van der Waals surface area (Å²) in [6.45, 7) is 3.42. The third-order valence-corrected chi connectivity index (χ3v) is 6.71. The molecule has 0 bridgehead atoms. The molecule has 0 aromatic heterocycles. The highest BCUT2D eigenvalue weighted by molar-refractivity contribution is 7.89. The molecule has 2 aromatic carbocycles. The second-order valence-electron chi connectivity index (χ2n) is 7.40. The first-order chi connectivity index (χ1) is 13.7. The molecule has 0 heterocycles. The van der Waals surface area contributed by atoms with E-state index in [4.69, 9.17) is 0 Å². The van der Waals surface area contributed by atoms with Crippen LogP contribution in [0.4, 0.5) is 11.4 Å². The van der Waals surface area contributed by atoms with E-state index in [0.29, 0.717) is 11.4 Å². The normalized spacial score (nSPS) is 13.9. The highest BCUT2D eigenvalue weighted by Crippen LogP contribution is 2.30. The van der Waals surface area contributed by atoms with Crippen LogP contribution in [0.15, 0.2) is 47.4 Å². The van der Waals surface area contributed by atoms with Crippen molar-refractivity contribution in [2.24, 2.45) is 5.92 Å².